The molecule has 2 aromatic heterocycles. The molecule has 0 saturated carbocycles. The van der Waals surface area contributed by atoms with Gasteiger partial charge in [0.05, 0.1) is 10.6 Å². The zero-order chi connectivity index (χ0) is 13.4. The van der Waals surface area contributed by atoms with Crippen LogP contribution in [0.2, 0.25) is 0 Å². The lowest BCUT2D eigenvalue weighted by Crippen LogP contribution is -2.44. The maximum atomic E-state index is 5.64. The average Bonchev–Trinajstić information content (AvgIpc) is 2.96. The summed E-state index contributed by atoms with van der Waals surface area (Å²) in [5.41, 5.74) is 6.65. The molecule has 6 nitrogen and oxygen atoms in total. The van der Waals surface area contributed by atoms with E-state index in [1.165, 1.54) is 11.3 Å². The number of aryl methyl sites for hydroxylation is 1. The predicted octanol–water partition coefficient (Wildman–Crippen LogP) is 1.30. The Balaban J connectivity index is 1.85. The smallest absolute Gasteiger partial charge is 0.203 e. The fourth-order valence-corrected chi connectivity index (χ4v) is 3.89. The van der Waals surface area contributed by atoms with Crippen molar-refractivity contribution in [2.24, 2.45) is 0 Å². The summed E-state index contributed by atoms with van der Waals surface area (Å²) in [5, 5.41) is 10.4. The summed E-state index contributed by atoms with van der Waals surface area (Å²) in [5.74, 6) is 0. The normalized spacial score (nSPS) is 17.1. The Morgan fingerprint density at radius 2 is 1.84 bits per heavy atom. The van der Waals surface area contributed by atoms with Crippen LogP contribution in [0.15, 0.2) is 0 Å². The van der Waals surface area contributed by atoms with Crippen LogP contribution < -0.4 is 10.6 Å². The maximum absolute atomic E-state index is 5.64. The summed E-state index contributed by atoms with van der Waals surface area (Å²) in [6.45, 7) is 6.24. The molecule has 0 radical (unpaired) electrons. The molecule has 1 aliphatic heterocycles. The number of aromatic nitrogens is 3. The monoisotopic (exact) mass is 296 g/mol. The van der Waals surface area contributed by atoms with Crippen molar-refractivity contribution in [3.63, 3.8) is 0 Å². The van der Waals surface area contributed by atoms with Gasteiger partial charge in [-0.3, -0.25) is 0 Å². The molecular formula is C11H16N6S2. The van der Waals surface area contributed by atoms with Gasteiger partial charge in [-0.15, -0.1) is 10.2 Å². The summed E-state index contributed by atoms with van der Waals surface area (Å²) in [6, 6.07) is 0. The summed E-state index contributed by atoms with van der Waals surface area (Å²) in [7, 11) is 2.15. The number of hydrogen-bond acceptors (Lipinski definition) is 8. The molecule has 8 heteroatoms. The lowest BCUT2D eigenvalue weighted by molar-refractivity contribution is 0.312. The molecule has 19 heavy (non-hydrogen) atoms. The van der Waals surface area contributed by atoms with Gasteiger partial charge in [0.15, 0.2) is 10.1 Å². The Morgan fingerprint density at radius 1 is 1.11 bits per heavy atom. The van der Waals surface area contributed by atoms with Crippen LogP contribution in [-0.2, 0) is 0 Å². The van der Waals surface area contributed by atoms with Gasteiger partial charge < -0.3 is 15.5 Å². The molecule has 0 aromatic carbocycles. The second-order valence-electron chi connectivity index (χ2n) is 4.65. The quantitative estimate of drug-likeness (QED) is 0.901. The number of piperazine rings is 1. The minimum atomic E-state index is 0.504. The number of nitrogen functional groups attached to an aromatic ring is 1. The highest BCUT2D eigenvalue weighted by Crippen LogP contribution is 2.36. The number of anilines is 2. The van der Waals surface area contributed by atoms with Crippen molar-refractivity contribution in [2.75, 3.05) is 43.9 Å². The predicted molar refractivity (Wildman–Crippen MR) is 79.9 cm³/mol. The zero-order valence-corrected chi connectivity index (χ0v) is 12.6. The molecule has 0 unspecified atom stereocenters. The Morgan fingerprint density at radius 3 is 2.47 bits per heavy atom. The van der Waals surface area contributed by atoms with E-state index in [1.54, 1.807) is 11.3 Å². The Hall–Kier alpha value is -1.25. The first-order valence-corrected chi connectivity index (χ1v) is 7.77. The number of hydrogen-bond donors (Lipinski definition) is 1. The van der Waals surface area contributed by atoms with Crippen molar-refractivity contribution in [3.8, 4) is 9.88 Å². The maximum Gasteiger partial charge on any atom is 0.203 e. The molecule has 1 saturated heterocycles. The molecule has 0 atom stereocenters. The highest BCUT2D eigenvalue weighted by atomic mass is 32.1. The third kappa shape index (κ3) is 2.56. The summed E-state index contributed by atoms with van der Waals surface area (Å²) in [4.78, 5) is 10.4. The second-order valence-corrected chi connectivity index (χ2v) is 6.63. The first-order chi connectivity index (χ1) is 9.13. The van der Waals surface area contributed by atoms with Crippen LogP contribution in [0.4, 0.5) is 10.3 Å². The van der Waals surface area contributed by atoms with Gasteiger partial charge in [0.2, 0.25) is 5.13 Å². The average molecular weight is 296 g/mol. The van der Waals surface area contributed by atoms with E-state index in [4.69, 9.17) is 5.73 Å². The molecule has 0 amide bonds. The van der Waals surface area contributed by atoms with Gasteiger partial charge in [-0.1, -0.05) is 22.7 Å². The van der Waals surface area contributed by atoms with Gasteiger partial charge >= 0.3 is 0 Å². The Bertz CT molecular complexity index is 570. The molecule has 102 valence electrons. The van der Waals surface area contributed by atoms with Crippen LogP contribution >= 0.6 is 22.7 Å². The lowest BCUT2D eigenvalue weighted by Gasteiger charge is -2.32. The Kier molecular flexibility index (Phi) is 3.38. The highest BCUT2D eigenvalue weighted by molar-refractivity contribution is 7.25. The van der Waals surface area contributed by atoms with Gasteiger partial charge in [0, 0.05) is 26.2 Å². The van der Waals surface area contributed by atoms with Gasteiger partial charge in [-0.2, -0.15) is 0 Å². The van der Waals surface area contributed by atoms with Gasteiger partial charge in [-0.05, 0) is 14.0 Å². The number of nitrogens with two attached hydrogens (primary N) is 1. The van der Waals surface area contributed by atoms with Crippen LogP contribution in [0.1, 0.15) is 5.69 Å². The molecular weight excluding hydrogens is 280 g/mol. The van der Waals surface area contributed by atoms with E-state index in [1.807, 2.05) is 6.92 Å². The van der Waals surface area contributed by atoms with E-state index >= 15 is 0 Å². The van der Waals surface area contributed by atoms with Crippen LogP contribution in [-0.4, -0.2) is 53.3 Å². The van der Waals surface area contributed by atoms with Gasteiger partial charge in [0.25, 0.3) is 0 Å². The van der Waals surface area contributed by atoms with Crippen molar-refractivity contribution >= 4 is 32.9 Å². The van der Waals surface area contributed by atoms with Crippen LogP contribution in [0, 0.1) is 6.92 Å². The first-order valence-electron chi connectivity index (χ1n) is 6.14. The van der Waals surface area contributed by atoms with E-state index in [2.05, 4.69) is 32.0 Å². The summed E-state index contributed by atoms with van der Waals surface area (Å²) in [6.07, 6.45) is 0. The zero-order valence-electron chi connectivity index (χ0n) is 11.0. The van der Waals surface area contributed by atoms with Gasteiger partial charge in [-0.25, -0.2) is 4.98 Å². The first kappa shape index (κ1) is 12.8. The third-order valence-electron chi connectivity index (χ3n) is 3.19. The number of nitrogens with zero attached hydrogens (tertiary/aromatic N) is 5. The molecule has 3 rings (SSSR count). The molecule has 0 spiro atoms. The van der Waals surface area contributed by atoms with E-state index in [0.29, 0.717) is 5.13 Å². The molecule has 1 aliphatic rings. The SMILES string of the molecule is Cc1nc(N2CCN(C)CC2)sc1-c1nnc(N)s1. The minimum Gasteiger partial charge on any atom is -0.374 e. The molecule has 3 heterocycles. The van der Waals surface area contributed by atoms with Crippen LogP contribution in [0.25, 0.3) is 9.88 Å². The fraction of sp³-hybridized carbons (Fsp3) is 0.545. The van der Waals surface area contributed by atoms with Crippen molar-refractivity contribution in [2.45, 2.75) is 6.92 Å². The molecule has 2 aromatic rings. The van der Waals surface area contributed by atoms with Crippen molar-refractivity contribution in [3.05, 3.63) is 5.69 Å². The number of rotatable bonds is 2. The fourth-order valence-electron chi connectivity index (χ4n) is 2.04. The largest absolute Gasteiger partial charge is 0.374 e. The third-order valence-corrected chi connectivity index (χ3v) is 5.32. The second kappa shape index (κ2) is 5.03. The standard InChI is InChI=1S/C11H16N6S2/c1-7-8(9-14-15-10(12)19-9)18-11(13-7)17-5-3-16(2)4-6-17/h3-6H2,1-2H3,(H2,12,15). The van der Waals surface area contributed by atoms with E-state index < -0.39 is 0 Å². The van der Waals surface area contributed by atoms with Crippen LogP contribution in [0.5, 0.6) is 0 Å². The van der Waals surface area contributed by atoms with Crippen molar-refractivity contribution < 1.29 is 0 Å². The molecule has 0 aliphatic carbocycles. The van der Waals surface area contributed by atoms with Crippen LogP contribution in [0.3, 0.4) is 0 Å². The topological polar surface area (TPSA) is 71.2 Å². The van der Waals surface area contributed by atoms with Crippen molar-refractivity contribution in [1.29, 1.82) is 0 Å². The summed E-state index contributed by atoms with van der Waals surface area (Å²) < 4.78 is 0. The minimum absolute atomic E-state index is 0.504. The van der Waals surface area contributed by atoms with Gasteiger partial charge in [0.1, 0.15) is 0 Å². The lowest BCUT2D eigenvalue weighted by atomic mass is 10.3. The van der Waals surface area contributed by atoms with E-state index in [-0.39, 0.29) is 0 Å². The van der Waals surface area contributed by atoms with Crippen molar-refractivity contribution in [1.82, 2.24) is 20.1 Å². The number of likely N-dealkylation sites (N-methyl/N-ethyl adjacent to an activating group) is 1. The van der Waals surface area contributed by atoms with E-state index in [0.717, 1.165) is 46.9 Å². The van der Waals surface area contributed by atoms with E-state index in [9.17, 15) is 0 Å². The Labute approximate surface area is 119 Å². The molecule has 0 bridgehead atoms. The summed E-state index contributed by atoms with van der Waals surface area (Å²) >= 11 is 3.10. The molecule has 2 N–H and O–H groups in total. The molecule has 1 fully saturated rings. The highest BCUT2D eigenvalue weighted by Gasteiger charge is 2.20. The number of thiazole rings is 1.